The van der Waals surface area contributed by atoms with Gasteiger partial charge < -0.3 is 15.0 Å². The number of aromatic nitrogens is 1. The maximum atomic E-state index is 11.8. The minimum absolute atomic E-state index is 0.253. The zero-order valence-electron chi connectivity index (χ0n) is 11.4. The van der Waals surface area contributed by atoms with Gasteiger partial charge in [-0.3, -0.25) is 4.79 Å². The second kappa shape index (κ2) is 7.09. The Kier molecular flexibility index (Phi) is 5.15. The van der Waals surface area contributed by atoms with Crippen LogP contribution in [-0.4, -0.2) is 42.5 Å². The molecule has 0 atom stereocenters. The Morgan fingerprint density at radius 1 is 1.47 bits per heavy atom. The number of carbonyl (C=O) groups is 1. The van der Waals surface area contributed by atoms with Gasteiger partial charge in [-0.1, -0.05) is 6.07 Å². The van der Waals surface area contributed by atoms with E-state index < -0.39 is 0 Å². The van der Waals surface area contributed by atoms with Crippen molar-refractivity contribution in [2.75, 3.05) is 26.7 Å². The number of methoxy groups -OCH3 is 1. The number of nitrogens with zero attached hydrogens (tertiary/aromatic N) is 2. The number of hydrogen-bond acceptors (Lipinski definition) is 4. The van der Waals surface area contributed by atoms with Crippen LogP contribution in [-0.2, 0) is 11.3 Å². The highest BCUT2D eigenvalue weighted by Crippen LogP contribution is 2.13. The molecule has 1 aliphatic heterocycles. The Morgan fingerprint density at radius 2 is 2.26 bits per heavy atom. The van der Waals surface area contributed by atoms with E-state index in [1.54, 1.807) is 13.3 Å². The summed E-state index contributed by atoms with van der Waals surface area (Å²) < 4.78 is 5.18. The number of carbonyl (C=O) groups excluding carboxylic acids is 1. The molecule has 0 spiro atoms. The van der Waals surface area contributed by atoms with Gasteiger partial charge >= 0.3 is 0 Å². The van der Waals surface area contributed by atoms with Gasteiger partial charge in [-0.15, -0.1) is 0 Å². The number of nitrogens with one attached hydrogen (secondary N) is 1. The molecule has 0 aliphatic carbocycles. The normalized spacial score (nSPS) is 14.7. The second-order valence-electron chi connectivity index (χ2n) is 4.69. The standard InChI is InChI=1S/C14H21N3O2/c1-19-14-12(5-4-7-16-14)11-15-8-6-13(18)17-9-2-3-10-17/h4-5,7,15H,2-3,6,8-11H2,1H3. The van der Waals surface area contributed by atoms with Crippen LogP contribution in [0, 0.1) is 0 Å². The Bertz CT molecular complexity index is 417. The molecule has 1 N–H and O–H groups in total. The first-order valence-electron chi connectivity index (χ1n) is 6.77. The molecule has 0 radical (unpaired) electrons. The van der Waals surface area contributed by atoms with E-state index in [9.17, 15) is 4.79 Å². The smallest absolute Gasteiger partial charge is 0.223 e. The first-order valence-corrected chi connectivity index (χ1v) is 6.77. The van der Waals surface area contributed by atoms with Gasteiger partial charge in [-0.05, 0) is 18.9 Å². The summed E-state index contributed by atoms with van der Waals surface area (Å²) in [7, 11) is 1.61. The highest BCUT2D eigenvalue weighted by molar-refractivity contribution is 5.76. The molecular weight excluding hydrogens is 242 g/mol. The highest BCUT2D eigenvalue weighted by Gasteiger charge is 2.16. The predicted octanol–water partition coefficient (Wildman–Crippen LogP) is 1.19. The zero-order chi connectivity index (χ0) is 13.5. The van der Waals surface area contributed by atoms with Gasteiger partial charge in [0.1, 0.15) is 0 Å². The molecule has 1 saturated heterocycles. The van der Waals surface area contributed by atoms with Crippen LogP contribution in [0.2, 0.25) is 0 Å². The van der Waals surface area contributed by atoms with Crippen molar-refractivity contribution >= 4 is 5.91 Å². The zero-order valence-corrected chi connectivity index (χ0v) is 11.4. The second-order valence-corrected chi connectivity index (χ2v) is 4.69. The van der Waals surface area contributed by atoms with Crippen molar-refractivity contribution in [3.8, 4) is 5.88 Å². The van der Waals surface area contributed by atoms with E-state index in [1.165, 1.54) is 0 Å². The molecule has 2 heterocycles. The Hall–Kier alpha value is -1.62. The van der Waals surface area contributed by atoms with Gasteiger partial charge in [0.2, 0.25) is 11.8 Å². The monoisotopic (exact) mass is 263 g/mol. The fourth-order valence-corrected chi connectivity index (χ4v) is 2.29. The van der Waals surface area contributed by atoms with Crippen LogP contribution in [0.25, 0.3) is 0 Å². The maximum absolute atomic E-state index is 11.8. The molecule has 0 unspecified atom stereocenters. The van der Waals surface area contributed by atoms with Crippen molar-refractivity contribution in [2.45, 2.75) is 25.8 Å². The van der Waals surface area contributed by atoms with Gasteiger partial charge in [0.15, 0.2) is 0 Å². The van der Waals surface area contributed by atoms with Crippen molar-refractivity contribution in [3.05, 3.63) is 23.9 Å². The highest BCUT2D eigenvalue weighted by atomic mass is 16.5. The van der Waals surface area contributed by atoms with Crippen molar-refractivity contribution in [2.24, 2.45) is 0 Å². The van der Waals surface area contributed by atoms with Crippen molar-refractivity contribution < 1.29 is 9.53 Å². The summed E-state index contributed by atoms with van der Waals surface area (Å²) in [5.74, 6) is 0.893. The Balaban J connectivity index is 1.70. The minimum atomic E-state index is 0.253. The number of hydrogen-bond donors (Lipinski definition) is 1. The molecule has 2 rings (SSSR count). The lowest BCUT2D eigenvalue weighted by Crippen LogP contribution is -2.30. The lowest BCUT2D eigenvalue weighted by atomic mass is 10.2. The quantitative estimate of drug-likeness (QED) is 0.783. The van der Waals surface area contributed by atoms with Crippen LogP contribution in [0.1, 0.15) is 24.8 Å². The Morgan fingerprint density at radius 3 is 3.00 bits per heavy atom. The number of likely N-dealkylation sites (tertiary alicyclic amines) is 1. The minimum Gasteiger partial charge on any atom is -0.481 e. The molecular formula is C14H21N3O2. The lowest BCUT2D eigenvalue weighted by Gasteiger charge is -2.15. The third-order valence-electron chi connectivity index (χ3n) is 3.33. The largest absolute Gasteiger partial charge is 0.481 e. The number of ether oxygens (including phenoxy) is 1. The molecule has 1 aliphatic rings. The van der Waals surface area contributed by atoms with Gasteiger partial charge in [-0.25, -0.2) is 4.98 Å². The molecule has 1 aromatic heterocycles. The van der Waals surface area contributed by atoms with E-state index in [1.807, 2.05) is 17.0 Å². The summed E-state index contributed by atoms with van der Waals surface area (Å²) in [4.78, 5) is 17.9. The topological polar surface area (TPSA) is 54.5 Å². The Labute approximate surface area is 114 Å². The SMILES string of the molecule is COc1ncccc1CNCCC(=O)N1CCCC1. The first kappa shape index (κ1) is 13.8. The van der Waals surface area contributed by atoms with Crippen LogP contribution in [0.15, 0.2) is 18.3 Å². The van der Waals surface area contributed by atoms with E-state index in [2.05, 4.69) is 10.3 Å². The van der Waals surface area contributed by atoms with E-state index >= 15 is 0 Å². The number of pyridine rings is 1. The van der Waals surface area contributed by atoms with Crippen LogP contribution in [0.3, 0.4) is 0 Å². The third kappa shape index (κ3) is 3.92. The average molecular weight is 263 g/mol. The molecule has 0 bridgehead atoms. The molecule has 19 heavy (non-hydrogen) atoms. The maximum Gasteiger partial charge on any atom is 0.223 e. The summed E-state index contributed by atoms with van der Waals surface area (Å²) in [6, 6.07) is 3.86. The molecule has 5 heteroatoms. The molecule has 1 amide bonds. The number of rotatable bonds is 6. The lowest BCUT2D eigenvalue weighted by molar-refractivity contribution is -0.130. The molecule has 1 aromatic rings. The average Bonchev–Trinajstić information content (AvgIpc) is 2.98. The van der Waals surface area contributed by atoms with Crippen LogP contribution < -0.4 is 10.1 Å². The summed E-state index contributed by atoms with van der Waals surface area (Å²) >= 11 is 0. The van der Waals surface area contributed by atoms with Crippen molar-refractivity contribution in [1.82, 2.24) is 15.2 Å². The summed E-state index contributed by atoms with van der Waals surface area (Å²) in [6.07, 6.45) is 4.56. The fourth-order valence-electron chi connectivity index (χ4n) is 2.29. The van der Waals surface area contributed by atoms with E-state index in [4.69, 9.17) is 4.74 Å². The molecule has 0 saturated carbocycles. The molecule has 1 fully saturated rings. The molecule has 0 aromatic carbocycles. The van der Waals surface area contributed by atoms with Crippen molar-refractivity contribution in [1.29, 1.82) is 0 Å². The van der Waals surface area contributed by atoms with Gasteiger partial charge in [0, 0.05) is 44.4 Å². The van der Waals surface area contributed by atoms with Crippen LogP contribution in [0.4, 0.5) is 0 Å². The first-order chi connectivity index (χ1) is 9.31. The third-order valence-corrected chi connectivity index (χ3v) is 3.33. The molecule has 104 valence electrons. The van der Waals surface area contributed by atoms with Crippen LogP contribution >= 0.6 is 0 Å². The van der Waals surface area contributed by atoms with Gasteiger partial charge in [0.05, 0.1) is 7.11 Å². The number of amides is 1. The van der Waals surface area contributed by atoms with Crippen LogP contribution in [0.5, 0.6) is 5.88 Å². The fraction of sp³-hybridized carbons (Fsp3) is 0.571. The summed E-state index contributed by atoms with van der Waals surface area (Å²) in [5, 5.41) is 3.26. The van der Waals surface area contributed by atoms with Gasteiger partial charge in [0.25, 0.3) is 0 Å². The van der Waals surface area contributed by atoms with E-state index in [0.717, 1.165) is 31.5 Å². The van der Waals surface area contributed by atoms with E-state index in [-0.39, 0.29) is 5.91 Å². The summed E-state index contributed by atoms with van der Waals surface area (Å²) in [6.45, 7) is 3.21. The predicted molar refractivity (Wildman–Crippen MR) is 72.9 cm³/mol. The van der Waals surface area contributed by atoms with E-state index in [0.29, 0.717) is 25.4 Å². The van der Waals surface area contributed by atoms with Gasteiger partial charge in [-0.2, -0.15) is 0 Å². The summed E-state index contributed by atoms with van der Waals surface area (Å²) in [5.41, 5.74) is 1.01. The molecule has 5 nitrogen and oxygen atoms in total. The van der Waals surface area contributed by atoms with Crippen molar-refractivity contribution in [3.63, 3.8) is 0 Å².